The van der Waals surface area contributed by atoms with Crippen LogP contribution in [0.25, 0.3) is 22.2 Å². The van der Waals surface area contributed by atoms with Crippen LogP contribution in [0.2, 0.25) is 0 Å². The molecule has 134 valence electrons. The van der Waals surface area contributed by atoms with Crippen LogP contribution < -0.4 is 4.90 Å². The number of phenolic OH excluding ortho intramolecular Hbond substituents is 1. The highest BCUT2D eigenvalue weighted by Gasteiger charge is 2.25. The summed E-state index contributed by atoms with van der Waals surface area (Å²) in [5.41, 5.74) is 5.53. The van der Waals surface area contributed by atoms with Gasteiger partial charge in [-0.1, -0.05) is 6.07 Å². The lowest BCUT2D eigenvalue weighted by Crippen LogP contribution is -2.32. The summed E-state index contributed by atoms with van der Waals surface area (Å²) in [6.07, 6.45) is 3.85. The van der Waals surface area contributed by atoms with Crippen LogP contribution in [0.5, 0.6) is 5.75 Å². The molecule has 26 heavy (non-hydrogen) atoms. The van der Waals surface area contributed by atoms with Crippen molar-refractivity contribution in [2.45, 2.75) is 32.7 Å². The molecule has 1 aromatic heterocycles. The predicted molar refractivity (Wildman–Crippen MR) is 104 cm³/mol. The summed E-state index contributed by atoms with van der Waals surface area (Å²) < 4.78 is 0. The zero-order chi connectivity index (χ0) is 18.3. The van der Waals surface area contributed by atoms with Crippen molar-refractivity contribution in [1.82, 2.24) is 9.97 Å². The summed E-state index contributed by atoms with van der Waals surface area (Å²) in [6.45, 7) is 4.87. The number of hydrogen-bond acceptors (Lipinski definition) is 5. The molecule has 2 heterocycles. The Hall–Kier alpha value is -2.66. The van der Waals surface area contributed by atoms with Gasteiger partial charge in [-0.2, -0.15) is 0 Å². The first-order valence-corrected chi connectivity index (χ1v) is 9.01. The SMILES string of the molecule is Cc1cc(-c2ccc3ncc(N4CCC[C@H]4CO)nc3c2)cc(C)c1O. The van der Waals surface area contributed by atoms with Crippen molar-refractivity contribution in [1.29, 1.82) is 0 Å². The van der Waals surface area contributed by atoms with E-state index in [1.54, 1.807) is 6.20 Å². The number of nitrogens with zero attached hydrogens (tertiary/aromatic N) is 3. The topological polar surface area (TPSA) is 69.5 Å². The first-order valence-electron chi connectivity index (χ1n) is 9.01. The van der Waals surface area contributed by atoms with E-state index in [2.05, 4.69) is 9.88 Å². The van der Waals surface area contributed by atoms with E-state index in [4.69, 9.17) is 4.98 Å². The quantitative estimate of drug-likeness (QED) is 0.756. The van der Waals surface area contributed by atoms with E-state index in [-0.39, 0.29) is 12.6 Å². The lowest BCUT2D eigenvalue weighted by atomic mass is 9.99. The molecule has 1 aliphatic heterocycles. The highest BCUT2D eigenvalue weighted by Crippen LogP contribution is 2.31. The van der Waals surface area contributed by atoms with E-state index in [9.17, 15) is 10.2 Å². The van der Waals surface area contributed by atoms with E-state index in [0.717, 1.165) is 58.5 Å². The summed E-state index contributed by atoms with van der Waals surface area (Å²) in [5, 5.41) is 19.6. The zero-order valence-electron chi connectivity index (χ0n) is 15.1. The molecule has 1 saturated heterocycles. The Morgan fingerprint density at radius 3 is 2.58 bits per heavy atom. The molecule has 4 rings (SSSR count). The minimum Gasteiger partial charge on any atom is -0.507 e. The highest BCUT2D eigenvalue weighted by molar-refractivity contribution is 5.82. The van der Waals surface area contributed by atoms with Gasteiger partial charge in [0.25, 0.3) is 0 Å². The first-order chi connectivity index (χ1) is 12.6. The van der Waals surface area contributed by atoms with E-state index in [0.29, 0.717) is 5.75 Å². The van der Waals surface area contributed by atoms with Gasteiger partial charge in [0.05, 0.1) is 29.9 Å². The van der Waals surface area contributed by atoms with Gasteiger partial charge in [0.2, 0.25) is 0 Å². The Bertz CT molecular complexity index is 948. The number of fused-ring (bicyclic) bond motifs is 1. The van der Waals surface area contributed by atoms with E-state index in [1.807, 2.05) is 44.2 Å². The fraction of sp³-hybridized carbons (Fsp3) is 0.333. The largest absolute Gasteiger partial charge is 0.507 e. The average molecular weight is 349 g/mol. The molecule has 3 aromatic rings. The third-order valence-corrected chi connectivity index (χ3v) is 5.24. The number of aliphatic hydroxyl groups excluding tert-OH is 1. The van der Waals surface area contributed by atoms with Crippen LogP contribution in [0.1, 0.15) is 24.0 Å². The molecule has 2 aromatic carbocycles. The minimum absolute atomic E-state index is 0.132. The Labute approximate surface area is 153 Å². The maximum atomic E-state index is 10.0. The molecule has 5 heteroatoms. The van der Waals surface area contributed by atoms with Crippen LogP contribution in [0.4, 0.5) is 5.82 Å². The average Bonchev–Trinajstić information content (AvgIpc) is 3.13. The van der Waals surface area contributed by atoms with Crippen LogP contribution in [0, 0.1) is 13.8 Å². The van der Waals surface area contributed by atoms with Crippen molar-refractivity contribution < 1.29 is 10.2 Å². The van der Waals surface area contributed by atoms with Gasteiger partial charge < -0.3 is 15.1 Å². The summed E-state index contributed by atoms with van der Waals surface area (Å²) in [7, 11) is 0. The zero-order valence-corrected chi connectivity index (χ0v) is 15.1. The van der Waals surface area contributed by atoms with Gasteiger partial charge in [0, 0.05) is 6.54 Å². The number of aliphatic hydroxyl groups is 1. The summed E-state index contributed by atoms with van der Waals surface area (Å²) in [4.78, 5) is 11.5. The van der Waals surface area contributed by atoms with E-state index >= 15 is 0 Å². The molecule has 0 radical (unpaired) electrons. The molecule has 0 aliphatic carbocycles. The van der Waals surface area contributed by atoms with Crippen LogP contribution in [-0.2, 0) is 0 Å². The maximum Gasteiger partial charge on any atom is 0.148 e. The van der Waals surface area contributed by atoms with Crippen LogP contribution in [-0.4, -0.2) is 39.4 Å². The highest BCUT2D eigenvalue weighted by atomic mass is 16.3. The molecule has 1 aliphatic rings. The third kappa shape index (κ3) is 2.88. The molecular weight excluding hydrogens is 326 g/mol. The number of anilines is 1. The molecule has 0 saturated carbocycles. The molecule has 0 unspecified atom stereocenters. The Morgan fingerprint density at radius 2 is 1.85 bits per heavy atom. The van der Waals surface area contributed by atoms with Gasteiger partial charge >= 0.3 is 0 Å². The van der Waals surface area contributed by atoms with E-state index < -0.39 is 0 Å². The number of phenols is 1. The van der Waals surface area contributed by atoms with Crippen molar-refractivity contribution in [2.24, 2.45) is 0 Å². The van der Waals surface area contributed by atoms with Crippen LogP contribution >= 0.6 is 0 Å². The summed E-state index contributed by atoms with van der Waals surface area (Å²) >= 11 is 0. The van der Waals surface area contributed by atoms with Crippen LogP contribution in [0.3, 0.4) is 0 Å². The van der Waals surface area contributed by atoms with Crippen molar-refractivity contribution >= 4 is 16.9 Å². The van der Waals surface area contributed by atoms with Gasteiger partial charge in [-0.25, -0.2) is 4.98 Å². The second kappa shape index (κ2) is 6.57. The van der Waals surface area contributed by atoms with Crippen molar-refractivity contribution in [3.63, 3.8) is 0 Å². The molecule has 0 amide bonds. The number of hydrogen-bond donors (Lipinski definition) is 2. The first kappa shape index (κ1) is 16.8. The maximum absolute atomic E-state index is 10.0. The molecule has 5 nitrogen and oxygen atoms in total. The van der Waals surface area contributed by atoms with Crippen molar-refractivity contribution in [2.75, 3.05) is 18.1 Å². The van der Waals surface area contributed by atoms with E-state index in [1.165, 1.54) is 0 Å². The normalized spacial score (nSPS) is 17.2. The number of aryl methyl sites for hydroxylation is 2. The molecular formula is C21H23N3O2. The van der Waals surface area contributed by atoms with Gasteiger partial charge in [-0.3, -0.25) is 4.98 Å². The van der Waals surface area contributed by atoms with Gasteiger partial charge in [-0.15, -0.1) is 0 Å². The Kier molecular flexibility index (Phi) is 4.24. The number of aromatic nitrogens is 2. The molecule has 0 spiro atoms. The fourth-order valence-corrected chi connectivity index (χ4v) is 3.77. The Morgan fingerprint density at radius 1 is 1.08 bits per heavy atom. The molecule has 1 atom stereocenters. The molecule has 2 N–H and O–H groups in total. The van der Waals surface area contributed by atoms with Crippen LogP contribution in [0.15, 0.2) is 36.5 Å². The molecule has 1 fully saturated rings. The summed E-state index contributed by atoms with van der Waals surface area (Å²) in [6, 6.07) is 10.2. The lowest BCUT2D eigenvalue weighted by molar-refractivity contribution is 0.266. The number of aromatic hydroxyl groups is 1. The Balaban J connectivity index is 1.77. The van der Waals surface area contributed by atoms with Crippen molar-refractivity contribution in [3.05, 3.63) is 47.7 Å². The van der Waals surface area contributed by atoms with Gasteiger partial charge in [0.1, 0.15) is 11.6 Å². The summed E-state index contributed by atoms with van der Waals surface area (Å²) in [5.74, 6) is 1.17. The second-order valence-corrected chi connectivity index (χ2v) is 7.06. The van der Waals surface area contributed by atoms with Gasteiger partial charge in [0.15, 0.2) is 0 Å². The van der Waals surface area contributed by atoms with Crippen molar-refractivity contribution in [3.8, 4) is 16.9 Å². The smallest absolute Gasteiger partial charge is 0.148 e. The number of benzene rings is 2. The van der Waals surface area contributed by atoms with Gasteiger partial charge in [-0.05, 0) is 73.2 Å². The monoisotopic (exact) mass is 349 g/mol. The second-order valence-electron chi connectivity index (χ2n) is 7.06. The predicted octanol–water partition coefficient (Wildman–Crippen LogP) is 3.58. The molecule has 0 bridgehead atoms. The number of rotatable bonds is 3. The fourth-order valence-electron chi connectivity index (χ4n) is 3.77. The third-order valence-electron chi connectivity index (χ3n) is 5.24. The minimum atomic E-state index is 0.132. The standard InChI is InChI=1S/C21H23N3O2/c1-13-8-16(9-14(2)21(13)26)15-5-6-18-19(10-15)23-20(11-22-18)24-7-3-4-17(24)12-25/h5-6,8-11,17,25-26H,3-4,7,12H2,1-2H3/t17-/m0/s1. The lowest BCUT2D eigenvalue weighted by Gasteiger charge is -2.23.